The van der Waals surface area contributed by atoms with Crippen molar-refractivity contribution >= 4 is 15.8 Å². The van der Waals surface area contributed by atoms with Crippen LogP contribution in [0.25, 0.3) is 0 Å². The van der Waals surface area contributed by atoms with Crippen molar-refractivity contribution in [1.82, 2.24) is 0 Å². The third kappa shape index (κ3) is 3.11. The zero-order valence-corrected chi connectivity index (χ0v) is 12.0. The lowest BCUT2D eigenvalue weighted by Gasteiger charge is -2.41. The van der Waals surface area contributed by atoms with Gasteiger partial charge in [-0.15, -0.1) is 0 Å². The fourth-order valence-corrected chi connectivity index (χ4v) is 5.26. The Bertz CT molecular complexity index is 442. The molecule has 5 nitrogen and oxygen atoms in total. The van der Waals surface area contributed by atoms with Gasteiger partial charge in [-0.05, 0) is 18.8 Å². The predicted molar refractivity (Wildman–Crippen MR) is 72.5 cm³/mol. The average molecular weight is 289 g/mol. The monoisotopic (exact) mass is 289 g/mol. The standard InChI is InChI=1S/C13H23NO4S/c14-11-9-19(17,18)7-6-13(11,12(15)16)8-10-4-2-1-3-5-10/h10-11H,1-9,14H2,(H,15,16). The minimum Gasteiger partial charge on any atom is -0.481 e. The quantitative estimate of drug-likeness (QED) is 0.813. The first-order chi connectivity index (χ1) is 8.86. The van der Waals surface area contributed by atoms with Crippen molar-refractivity contribution in [1.29, 1.82) is 0 Å². The molecule has 0 aromatic rings. The summed E-state index contributed by atoms with van der Waals surface area (Å²) in [6.07, 6.45) is 6.32. The SMILES string of the molecule is NC1CS(=O)(=O)CCC1(CC1CCCCC1)C(=O)O. The fraction of sp³-hybridized carbons (Fsp3) is 0.923. The first kappa shape index (κ1) is 14.8. The summed E-state index contributed by atoms with van der Waals surface area (Å²) < 4.78 is 23.2. The number of hydrogen-bond acceptors (Lipinski definition) is 4. The minimum absolute atomic E-state index is 0.0419. The second kappa shape index (κ2) is 5.40. The molecular weight excluding hydrogens is 266 g/mol. The molecule has 2 atom stereocenters. The summed E-state index contributed by atoms with van der Waals surface area (Å²) in [5, 5.41) is 9.59. The van der Waals surface area contributed by atoms with Crippen LogP contribution < -0.4 is 5.73 Å². The van der Waals surface area contributed by atoms with Crippen molar-refractivity contribution in [2.24, 2.45) is 17.1 Å². The fourth-order valence-electron chi connectivity index (χ4n) is 3.55. The van der Waals surface area contributed by atoms with E-state index in [0.717, 1.165) is 25.7 Å². The van der Waals surface area contributed by atoms with Crippen LogP contribution in [-0.4, -0.2) is 37.0 Å². The molecule has 1 aliphatic carbocycles. The van der Waals surface area contributed by atoms with Gasteiger partial charge < -0.3 is 10.8 Å². The Kier molecular flexibility index (Phi) is 4.20. The lowest BCUT2D eigenvalue weighted by Crippen LogP contribution is -2.56. The molecule has 0 bridgehead atoms. The van der Waals surface area contributed by atoms with Gasteiger partial charge in [0.2, 0.25) is 0 Å². The lowest BCUT2D eigenvalue weighted by atomic mass is 9.69. The molecule has 3 N–H and O–H groups in total. The molecule has 2 unspecified atom stereocenters. The molecule has 2 rings (SSSR count). The largest absolute Gasteiger partial charge is 0.481 e. The molecule has 1 heterocycles. The number of rotatable bonds is 3. The molecule has 1 saturated carbocycles. The highest BCUT2D eigenvalue weighted by atomic mass is 32.2. The van der Waals surface area contributed by atoms with E-state index in [4.69, 9.17) is 5.73 Å². The van der Waals surface area contributed by atoms with Gasteiger partial charge in [0, 0.05) is 6.04 Å². The third-order valence-corrected chi connectivity index (χ3v) is 6.50. The van der Waals surface area contributed by atoms with Crippen LogP contribution in [0, 0.1) is 11.3 Å². The van der Waals surface area contributed by atoms with E-state index in [-0.39, 0.29) is 17.9 Å². The second-order valence-electron chi connectivity index (χ2n) is 6.14. The smallest absolute Gasteiger partial charge is 0.311 e. The molecule has 0 spiro atoms. The Morgan fingerprint density at radius 3 is 2.42 bits per heavy atom. The Morgan fingerprint density at radius 2 is 1.89 bits per heavy atom. The second-order valence-corrected chi connectivity index (χ2v) is 8.37. The van der Waals surface area contributed by atoms with Gasteiger partial charge >= 0.3 is 5.97 Å². The highest BCUT2D eigenvalue weighted by molar-refractivity contribution is 7.91. The van der Waals surface area contributed by atoms with Crippen LogP contribution in [0.15, 0.2) is 0 Å². The molecule has 0 aromatic heterocycles. The summed E-state index contributed by atoms with van der Waals surface area (Å²) >= 11 is 0. The summed E-state index contributed by atoms with van der Waals surface area (Å²) in [5.41, 5.74) is 4.91. The number of carbonyl (C=O) groups is 1. The van der Waals surface area contributed by atoms with Gasteiger partial charge in [0.1, 0.15) is 0 Å². The molecule has 19 heavy (non-hydrogen) atoms. The minimum atomic E-state index is -3.17. The molecule has 1 aliphatic heterocycles. The van der Waals surface area contributed by atoms with E-state index in [1.54, 1.807) is 0 Å². The molecule has 6 heteroatoms. The Balaban J connectivity index is 2.16. The van der Waals surface area contributed by atoms with E-state index in [1.165, 1.54) is 6.42 Å². The maximum absolute atomic E-state index is 11.7. The average Bonchev–Trinajstić information content (AvgIpc) is 2.33. The van der Waals surface area contributed by atoms with Gasteiger partial charge in [0.25, 0.3) is 0 Å². The molecule has 110 valence electrons. The van der Waals surface area contributed by atoms with Crippen molar-refractivity contribution in [2.75, 3.05) is 11.5 Å². The molecule has 2 fully saturated rings. The first-order valence-corrected chi connectivity index (χ1v) is 8.87. The van der Waals surface area contributed by atoms with E-state index < -0.39 is 27.3 Å². The van der Waals surface area contributed by atoms with Crippen LogP contribution in [0.5, 0.6) is 0 Å². The van der Waals surface area contributed by atoms with Gasteiger partial charge in [-0.1, -0.05) is 32.1 Å². The molecular formula is C13H23NO4S. The maximum Gasteiger partial charge on any atom is 0.311 e. The third-order valence-electron chi connectivity index (χ3n) is 4.81. The number of carboxylic acids is 1. The van der Waals surface area contributed by atoms with Crippen LogP contribution in [0.2, 0.25) is 0 Å². The van der Waals surface area contributed by atoms with Gasteiger partial charge in [-0.2, -0.15) is 0 Å². The van der Waals surface area contributed by atoms with E-state index in [1.807, 2.05) is 0 Å². The summed E-state index contributed by atoms with van der Waals surface area (Å²) in [7, 11) is -3.17. The number of hydrogen-bond donors (Lipinski definition) is 2. The Hall–Kier alpha value is -0.620. The number of aliphatic carboxylic acids is 1. The number of nitrogens with two attached hydrogens (primary N) is 1. The lowest BCUT2D eigenvalue weighted by molar-refractivity contribution is -0.152. The molecule has 0 radical (unpaired) electrons. The van der Waals surface area contributed by atoms with Crippen molar-refractivity contribution in [3.05, 3.63) is 0 Å². The zero-order chi connectivity index (χ0) is 14.1. The van der Waals surface area contributed by atoms with E-state index in [2.05, 4.69) is 0 Å². The first-order valence-electron chi connectivity index (χ1n) is 7.05. The van der Waals surface area contributed by atoms with E-state index in [9.17, 15) is 18.3 Å². The van der Waals surface area contributed by atoms with Gasteiger partial charge in [0.15, 0.2) is 9.84 Å². The van der Waals surface area contributed by atoms with E-state index in [0.29, 0.717) is 12.3 Å². The van der Waals surface area contributed by atoms with Crippen molar-refractivity contribution in [3.8, 4) is 0 Å². The van der Waals surface area contributed by atoms with Crippen molar-refractivity contribution in [3.63, 3.8) is 0 Å². The summed E-state index contributed by atoms with van der Waals surface area (Å²) in [6, 6.07) is -0.773. The van der Waals surface area contributed by atoms with Gasteiger partial charge in [0.05, 0.1) is 16.9 Å². The summed E-state index contributed by atoms with van der Waals surface area (Å²) in [6.45, 7) is 0. The van der Waals surface area contributed by atoms with E-state index >= 15 is 0 Å². The van der Waals surface area contributed by atoms with Gasteiger partial charge in [-0.3, -0.25) is 4.79 Å². The molecule has 2 aliphatic rings. The Morgan fingerprint density at radius 1 is 1.26 bits per heavy atom. The molecule has 1 saturated heterocycles. The van der Waals surface area contributed by atoms with Crippen LogP contribution in [0.3, 0.4) is 0 Å². The summed E-state index contributed by atoms with van der Waals surface area (Å²) in [5.74, 6) is -0.761. The molecule has 0 amide bonds. The number of carboxylic acid groups (broad SMARTS) is 1. The molecule has 0 aromatic carbocycles. The van der Waals surface area contributed by atoms with Crippen LogP contribution in [-0.2, 0) is 14.6 Å². The van der Waals surface area contributed by atoms with Crippen molar-refractivity contribution < 1.29 is 18.3 Å². The van der Waals surface area contributed by atoms with Gasteiger partial charge in [-0.25, -0.2) is 8.42 Å². The Labute approximate surface area is 114 Å². The van der Waals surface area contributed by atoms with Crippen LogP contribution >= 0.6 is 0 Å². The highest BCUT2D eigenvalue weighted by Gasteiger charge is 2.50. The number of sulfone groups is 1. The maximum atomic E-state index is 11.7. The zero-order valence-electron chi connectivity index (χ0n) is 11.2. The van der Waals surface area contributed by atoms with Crippen LogP contribution in [0.1, 0.15) is 44.9 Å². The normalized spacial score (nSPS) is 35.9. The van der Waals surface area contributed by atoms with Crippen molar-refractivity contribution in [2.45, 2.75) is 51.0 Å². The predicted octanol–water partition coefficient (Wildman–Crippen LogP) is 1.17. The topological polar surface area (TPSA) is 97.5 Å². The van der Waals surface area contributed by atoms with Crippen LogP contribution in [0.4, 0.5) is 0 Å². The highest BCUT2D eigenvalue weighted by Crippen LogP contribution is 2.42. The summed E-state index contributed by atoms with van der Waals surface area (Å²) in [4.78, 5) is 11.7.